The van der Waals surface area contributed by atoms with Gasteiger partial charge in [0.25, 0.3) is 0 Å². The van der Waals surface area contributed by atoms with Crippen LogP contribution in [0.1, 0.15) is 58.8 Å². The maximum atomic E-state index is 11.9. The molecule has 0 saturated heterocycles. The molecule has 0 aromatic carbocycles. The summed E-state index contributed by atoms with van der Waals surface area (Å²) in [5, 5.41) is 2.71. The Balaban J connectivity index is 3.98. The third-order valence-electron chi connectivity index (χ3n) is 3.30. The Bertz CT molecular complexity index is 333. The third kappa shape index (κ3) is 8.58. The van der Waals surface area contributed by atoms with Crippen molar-refractivity contribution < 1.29 is 14.3 Å². The number of terminal acetylenes is 1. The van der Waals surface area contributed by atoms with Gasteiger partial charge in [0.2, 0.25) is 5.91 Å². The second kappa shape index (κ2) is 11.3. The van der Waals surface area contributed by atoms with E-state index in [2.05, 4.69) is 22.9 Å². The predicted molar refractivity (Wildman–Crippen MR) is 79.9 cm³/mol. The second-order valence-electron chi connectivity index (χ2n) is 5.11. The zero-order valence-corrected chi connectivity index (χ0v) is 12.9. The van der Waals surface area contributed by atoms with Crippen molar-refractivity contribution >= 4 is 11.9 Å². The van der Waals surface area contributed by atoms with Crippen molar-refractivity contribution in [2.45, 2.75) is 64.8 Å². The van der Waals surface area contributed by atoms with Gasteiger partial charge in [0.1, 0.15) is 6.04 Å². The van der Waals surface area contributed by atoms with E-state index in [0.717, 1.165) is 19.3 Å². The van der Waals surface area contributed by atoms with Gasteiger partial charge in [0.15, 0.2) is 0 Å². The molecule has 1 N–H and O–H groups in total. The highest BCUT2D eigenvalue weighted by atomic mass is 16.5. The molecule has 0 bridgehead atoms. The van der Waals surface area contributed by atoms with Crippen LogP contribution in [0, 0.1) is 18.3 Å². The summed E-state index contributed by atoms with van der Waals surface area (Å²) in [6.45, 7) is 4.07. The Morgan fingerprint density at radius 3 is 2.45 bits per heavy atom. The van der Waals surface area contributed by atoms with Crippen LogP contribution in [0.4, 0.5) is 0 Å². The molecule has 0 aliphatic carbocycles. The van der Waals surface area contributed by atoms with Gasteiger partial charge in [0.05, 0.1) is 13.5 Å². The summed E-state index contributed by atoms with van der Waals surface area (Å²) in [6.07, 6.45) is 12.1. The van der Waals surface area contributed by atoms with E-state index < -0.39 is 12.0 Å². The molecule has 0 heterocycles. The van der Waals surface area contributed by atoms with Crippen LogP contribution in [0.3, 0.4) is 0 Å². The lowest BCUT2D eigenvalue weighted by molar-refractivity contribution is -0.141. The molecule has 0 aromatic heterocycles. The van der Waals surface area contributed by atoms with Crippen molar-refractivity contribution in [3.8, 4) is 12.3 Å². The van der Waals surface area contributed by atoms with Crippen LogP contribution in [0.2, 0.25) is 0 Å². The monoisotopic (exact) mass is 281 g/mol. The van der Waals surface area contributed by atoms with Crippen LogP contribution in [0.5, 0.6) is 0 Å². The highest BCUT2D eigenvalue weighted by Gasteiger charge is 2.18. The maximum Gasteiger partial charge on any atom is 0.308 e. The Kier molecular flexibility index (Phi) is 10.5. The Hall–Kier alpha value is -1.50. The predicted octanol–water partition coefficient (Wildman–Crippen LogP) is 2.66. The molecule has 1 amide bonds. The normalized spacial score (nSPS) is 13.1. The van der Waals surface area contributed by atoms with E-state index in [-0.39, 0.29) is 18.2 Å². The molecule has 114 valence electrons. The first kappa shape index (κ1) is 18.5. The number of hydrogen-bond acceptors (Lipinski definition) is 3. The second-order valence-corrected chi connectivity index (χ2v) is 5.11. The Labute approximate surface area is 122 Å². The molecule has 0 saturated carbocycles. The van der Waals surface area contributed by atoms with Crippen molar-refractivity contribution in [3.05, 3.63) is 0 Å². The van der Waals surface area contributed by atoms with Gasteiger partial charge < -0.3 is 10.1 Å². The molecular weight excluding hydrogens is 254 g/mol. The van der Waals surface area contributed by atoms with Gasteiger partial charge in [-0.2, -0.15) is 0 Å². The van der Waals surface area contributed by atoms with E-state index in [4.69, 9.17) is 6.42 Å². The van der Waals surface area contributed by atoms with Gasteiger partial charge in [-0.3, -0.25) is 9.59 Å². The fourth-order valence-corrected chi connectivity index (χ4v) is 1.90. The van der Waals surface area contributed by atoms with Gasteiger partial charge >= 0.3 is 5.97 Å². The molecule has 0 fully saturated rings. The van der Waals surface area contributed by atoms with Crippen molar-refractivity contribution in [3.63, 3.8) is 0 Å². The standard InChI is InChI=1S/C16H27NO3/c1-5-7-8-9-10-11-13(3)16(19)17-14(6-2)12-15(18)20-4/h2,13-14H,5,7-12H2,1,3-4H3,(H,17,19)/t13?,14-/m0/s1. The molecule has 1 unspecified atom stereocenters. The quantitative estimate of drug-likeness (QED) is 0.380. The minimum absolute atomic E-state index is 0.0158. The zero-order valence-electron chi connectivity index (χ0n) is 12.9. The van der Waals surface area contributed by atoms with E-state index >= 15 is 0 Å². The number of nitrogens with one attached hydrogen (secondary N) is 1. The van der Waals surface area contributed by atoms with Crippen LogP contribution in [-0.4, -0.2) is 25.0 Å². The van der Waals surface area contributed by atoms with Crippen LogP contribution in [0.15, 0.2) is 0 Å². The molecule has 4 nitrogen and oxygen atoms in total. The summed E-state index contributed by atoms with van der Waals surface area (Å²) in [6, 6.07) is -0.586. The molecule has 2 atom stereocenters. The fourth-order valence-electron chi connectivity index (χ4n) is 1.90. The largest absolute Gasteiger partial charge is 0.469 e. The van der Waals surface area contributed by atoms with Crippen molar-refractivity contribution in [2.75, 3.05) is 7.11 Å². The lowest BCUT2D eigenvalue weighted by Gasteiger charge is -2.16. The summed E-state index contributed by atoms with van der Waals surface area (Å²) < 4.78 is 4.54. The summed E-state index contributed by atoms with van der Waals surface area (Å²) in [5.74, 6) is 1.82. The number of rotatable bonds is 10. The number of hydrogen-bond donors (Lipinski definition) is 1. The molecule has 4 heteroatoms. The number of esters is 1. The van der Waals surface area contributed by atoms with E-state index in [1.54, 1.807) is 0 Å². The zero-order chi connectivity index (χ0) is 15.4. The number of carbonyl (C=O) groups is 2. The van der Waals surface area contributed by atoms with E-state index in [1.807, 2.05) is 6.92 Å². The first-order valence-corrected chi connectivity index (χ1v) is 7.38. The maximum absolute atomic E-state index is 11.9. The number of methoxy groups -OCH3 is 1. The van der Waals surface area contributed by atoms with Gasteiger partial charge in [-0.05, 0) is 6.42 Å². The minimum atomic E-state index is -0.586. The summed E-state index contributed by atoms with van der Waals surface area (Å²) >= 11 is 0. The highest BCUT2D eigenvalue weighted by Crippen LogP contribution is 2.12. The molecule has 0 rings (SSSR count). The molecule has 0 spiro atoms. The van der Waals surface area contributed by atoms with Gasteiger partial charge in [-0.1, -0.05) is 51.9 Å². The average molecular weight is 281 g/mol. The third-order valence-corrected chi connectivity index (χ3v) is 3.30. The van der Waals surface area contributed by atoms with Gasteiger partial charge in [-0.15, -0.1) is 6.42 Å². The minimum Gasteiger partial charge on any atom is -0.469 e. The Morgan fingerprint density at radius 1 is 1.25 bits per heavy atom. The van der Waals surface area contributed by atoms with E-state index in [0.29, 0.717) is 0 Å². The molecule has 20 heavy (non-hydrogen) atoms. The number of unbranched alkanes of at least 4 members (excludes halogenated alkanes) is 4. The topological polar surface area (TPSA) is 55.4 Å². The van der Waals surface area contributed by atoms with Gasteiger partial charge in [-0.25, -0.2) is 0 Å². The first-order chi connectivity index (χ1) is 9.54. The van der Waals surface area contributed by atoms with Gasteiger partial charge in [0, 0.05) is 5.92 Å². The lowest BCUT2D eigenvalue weighted by Crippen LogP contribution is -2.38. The molecular formula is C16H27NO3. The number of amides is 1. The molecule has 0 aliphatic rings. The summed E-state index contributed by atoms with van der Waals surface area (Å²) in [7, 11) is 1.30. The summed E-state index contributed by atoms with van der Waals surface area (Å²) in [5.41, 5.74) is 0. The summed E-state index contributed by atoms with van der Waals surface area (Å²) in [4.78, 5) is 23.1. The molecule has 0 aromatic rings. The van der Waals surface area contributed by atoms with Crippen LogP contribution in [-0.2, 0) is 14.3 Å². The fraction of sp³-hybridized carbons (Fsp3) is 0.750. The van der Waals surface area contributed by atoms with Crippen LogP contribution in [0.25, 0.3) is 0 Å². The van der Waals surface area contributed by atoms with Crippen molar-refractivity contribution in [1.82, 2.24) is 5.32 Å². The first-order valence-electron chi connectivity index (χ1n) is 7.38. The average Bonchev–Trinajstić information content (AvgIpc) is 2.45. The van der Waals surface area contributed by atoms with E-state index in [1.165, 1.54) is 26.4 Å². The molecule has 0 radical (unpaired) electrons. The van der Waals surface area contributed by atoms with E-state index in [9.17, 15) is 9.59 Å². The lowest BCUT2D eigenvalue weighted by atomic mass is 10.0. The smallest absolute Gasteiger partial charge is 0.308 e. The van der Waals surface area contributed by atoms with Crippen molar-refractivity contribution in [1.29, 1.82) is 0 Å². The SMILES string of the molecule is C#C[C@@H](CC(=O)OC)NC(=O)C(C)CCCCCCC. The Morgan fingerprint density at radius 2 is 1.90 bits per heavy atom. The highest BCUT2D eigenvalue weighted by molar-refractivity contribution is 5.80. The number of ether oxygens (including phenoxy) is 1. The van der Waals surface area contributed by atoms with Crippen molar-refractivity contribution in [2.24, 2.45) is 5.92 Å². The molecule has 0 aliphatic heterocycles. The van der Waals surface area contributed by atoms with Crippen LogP contribution >= 0.6 is 0 Å². The van der Waals surface area contributed by atoms with Crippen LogP contribution < -0.4 is 5.32 Å². The number of carbonyl (C=O) groups excluding carboxylic acids is 2.